The molecular weight excluding hydrogens is 425 g/mol. The Labute approximate surface area is 181 Å². The number of aliphatic hydroxyl groups is 1. The van der Waals surface area contributed by atoms with Gasteiger partial charge < -0.3 is 20.1 Å². The number of hydrogen-bond donors (Lipinski definition) is 2. The number of morpholine rings is 1. The lowest BCUT2D eigenvalue weighted by molar-refractivity contribution is 0.0915. The summed E-state index contributed by atoms with van der Waals surface area (Å²) >= 11 is 0. The normalized spacial score (nSPS) is 15.7. The average molecular weight is 452 g/mol. The second-order valence-electron chi connectivity index (χ2n) is 7.35. The van der Waals surface area contributed by atoms with Crippen molar-refractivity contribution >= 4 is 21.6 Å². The summed E-state index contributed by atoms with van der Waals surface area (Å²) in [5, 5.41) is 12.9. The number of ether oxygens (including phenoxy) is 1. The van der Waals surface area contributed by atoms with E-state index in [2.05, 4.69) is 5.32 Å². The highest BCUT2D eigenvalue weighted by molar-refractivity contribution is 7.89. The van der Waals surface area contributed by atoms with E-state index in [9.17, 15) is 22.7 Å². The molecule has 1 heterocycles. The summed E-state index contributed by atoms with van der Waals surface area (Å²) in [7, 11) is -0.906. The molecule has 0 spiro atoms. The van der Waals surface area contributed by atoms with Gasteiger partial charge in [-0.3, -0.25) is 4.79 Å². The number of carbonyl (C=O) groups excluding carboxylic acids is 1. The van der Waals surface area contributed by atoms with Crippen LogP contribution in [0.4, 0.5) is 10.1 Å². The highest BCUT2D eigenvalue weighted by Crippen LogP contribution is 2.26. The Morgan fingerprint density at radius 3 is 2.58 bits per heavy atom. The molecule has 2 aromatic rings. The molecule has 10 heteroatoms. The van der Waals surface area contributed by atoms with Crippen molar-refractivity contribution in [1.29, 1.82) is 0 Å². The van der Waals surface area contributed by atoms with E-state index in [1.165, 1.54) is 44.4 Å². The summed E-state index contributed by atoms with van der Waals surface area (Å²) in [6.45, 7) is 1.96. The molecule has 1 aliphatic heterocycles. The number of rotatable bonds is 7. The van der Waals surface area contributed by atoms with Crippen LogP contribution in [0.3, 0.4) is 0 Å². The molecule has 0 saturated carbocycles. The van der Waals surface area contributed by atoms with Gasteiger partial charge in [-0.05, 0) is 35.9 Å². The van der Waals surface area contributed by atoms with Crippen LogP contribution in [0, 0.1) is 5.82 Å². The molecule has 0 aromatic heterocycles. The molecule has 168 valence electrons. The first-order valence-electron chi connectivity index (χ1n) is 9.81. The van der Waals surface area contributed by atoms with Gasteiger partial charge in [-0.15, -0.1) is 0 Å². The van der Waals surface area contributed by atoms with Crippen LogP contribution in [0.15, 0.2) is 47.4 Å². The summed E-state index contributed by atoms with van der Waals surface area (Å²) < 4.78 is 45.0. The second-order valence-corrected chi connectivity index (χ2v) is 9.50. The number of halogens is 1. The summed E-state index contributed by atoms with van der Waals surface area (Å²) in [4.78, 5) is 14.9. The molecule has 0 radical (unpaired) electrons. The maximum atomic E-state index is 13.4. The molecule has 1 fully saturated rings. The Bertz CT molecular complexity index is 1040. The number of amides is 1. The minimum Gasteiger partial charge on any atom is -0.387 e. The fourth-order valence-corrected chi connectivity index (χ4v) is 4.19. The SMILES string of the molecule is CN(C)S(=O)(=O)c1ccc(N2CCOCC2)c(C(=O)NCC(O)c2cccc(F)c2)c1. The number of nitrogens with zero attached hydrogens (tertiary/aromatic N) is 2. The van der Waals surface area contributed by atoms with Crippen LogP contribution >= 0.6 is 0 Å². The van der Waals surface area contributed by atoms with Crippen molar-refractivity contribution < 1.29 is 27.4 Å². The quantitative estimate of drug-likeness (QED) is 0.660. The van der Waals surface area contributed by atoms with E-state index >= 15 is 0 Å². The van der Waals surface area contributed by atoms with E-state index in [1.807, 2.05) is 4.90 Å². The monoisotopic (exact) mass is 451 g/mol. The van der Waals surface area contributed by atoms with Crippen molar-refractivity contribution in [3.8, 4) is 0 Å². The van der Waals surface area contributed by atoms with Gasteiger partial charge in [-0.25, -0.2) is 17.1 Å². The topological polar surface area (TPSA) is 99.2 Å². The molecule has 1 unspecified atom stereocenters. The number of benzene rings is 2. The summed E-state index contributed by atoms with van der Waals surface area (Å²) in [5.74, 6) is -1.02. The standard InChI is InChI=1S/C21H26FN3O5S/c1-24(2)31(28,29)17-6-7-19(25-8-10-30-11-9-25)18(13-17)21(27)23-14-20(26)15-4-3-5-16(22)12-15/h3-7,12-13,20,26H,8-11,14H2,1-2H3,(H,23,27). The Balaban J connectivity index is 1.87. The Morgan fingerprint density at radius 1 is 1.23 bits per heavy atom. The van der Waals surface area contributed by atoms with Gasteiger partial charge in [0.15, 0.2) is 0 Å². The third-order valence-electron chi connectivity index (χ3n) is 5.03. The van der Waals surface area contributed by atoms with Crippen LogP contribution in [-0.4, -0.2) is 70.7 Å². The first-order chi connectivity index (χ1) is 14.7. The zero-order chi connectivity index (χ0) is 22.6. The molecule has 1 aliphatic rings. The number of carbonyl (C=O) groups is 1. The predicted octanol–water partition coefficient (Wildman–Crippen LogP) is 1.38. The molecule has 3 rings (SSSR count). The van der Waals surface area contributed by atoms with Crippen molar-refractivity contribution in [2.45, 2.75) is 11.0 Å². The Morgan fingerprint density at radius 2 is 1.94 bits per heavy atom. The van der Waals surface area contributed by atoms with E-state index in [1.54, 1.807) is 12.1 Å². The molecule has 31 heavy (non-hydrogen) atoms. The van der Waals surface area contributed by atoms with Crippen molar-refractivity contribution in [2.75, 3.05) is 51.8 Å². The van der Waals surface area contributed by atoms with Crippen LogP contribution in [0.5, 0.6) is 0 Å². The average Bonchev–Trinajstić information content (AvgIpc) is 2.77. The molecule has 0 bridgehead atoms. The van der Waals surface area contributed by atoms with Crippen molar-refractivity contribution in [1.82, 2.24) is 9.62 Å². The van der Waals surface area contributed by atoms with Crippen molar-refractivity contribution in [2.24, 2.45) is 0 Å². The highest BCUT2D eigenvalue weighted by atomic mass is 32.2. The Kier molecular flexibility index (Phi) is 7.26. The largest absolute Gasteiger partial charge is 0.387 e. The van der Waals surface area contributed by atoms with Crippen molar-refractivity contribution in [3.05, 3.63) is 59.4 Å². The van der Waals surface area contributed by atoms with Crippen molar-refractivity contribution in [3.63, 3.8) is 0 Å². The highest BCUT2D eigenvalue weighted by Gasteiger charge is 2.24. The number of anilines is 1. The molecule has 1 atom stereocenters. The Hall–Kier alpha value is -2.53. The zero-order valence-electron chi connectivity index (χ0n) is 17.4. The first-order valence-corrected chi connectivity index (χ1v) is 11.2. The smallest absolute Gasteiger partial charge is 0.253 e. The molecule has 0 aliphatic carbocycles. The van der Waals surface area contributed by atoms with Gasteiger partial charge in [0, 0.05) is 39.4 Å². The van der Waals surface area contributed by atoms with Crippen LogP contribution in [-0.2, 0) is 14.8 Å². The van der Waals surface area contributed by atoms with Crippen LogP contribution in [0.1, 0.15) is 22.0 Å². The fraction of sp³-hybridized carbons (Fsp3) is 0.381. The van der Waals surface area contributed by atoms with Crippen LogP contribution in [0.2, 0.25) is 0 Å². The number of sulfonamides is 1. The molecule has 2 N–H and O–H groups in total. The predicted molar refractivity (Wildman–Crippen MR) is 114 cm³/mol. The second kappa shape index (κ2) is 9.73. The van der Waals surface area contributed by atoms with Gasteiger partial charge in [0.2, 0.25) is 10.0 Å². The van der Waals surface area contributed by atoms with Gasteiger partial charge in [0.25, 0.3) is 5.91 Å². The van der Waals surface area contributed by atoms with Gasteiger partial charge in [-0.2, -0.15) is 0 Å². The molecular formula is C21H26FN3O5S. The molecule has 8 nitrogen and oxygen atoms in total. The first kappa shape index (κ1) is 23.1. The third-order valence-corrected chi connectivity index (χ3v) is 6.84. The van der Waals surface area contributed by atoms with Crippen LogP contribution < -0.4 is 10.2 Å². The van der Waals surface area contributed by atoms with E-state index in [-0.39, 0.29) is 17.0 Å². The summed E-state index contributed by atoms with van der Waals surface area (Å²) in [6.07, 6.45) is -1.11. The lowest BCUT2D eigenvalue weighted by atomic mass is 10.1. The van der Waals surface area contributed by atoms with Gasteiger partial charge >= 0.3 is 0 Å². The minimum atomic E-state index is -3.74. The number of aliphatic hydroxyl groups excluding tert-OH is 1. The fourth-order valence-electron chi connectivity index (χ4n) is 3.26. The van der Waals surface area contributed by atoms with Gasteiger partial charge in [-0.1, -0.05) is 12.1 Å². The van der Waals surface area contributed by atoms with Gasteiger partial charge in [0.05, 0.1) is 29.8 Å². The number of hydrogen-bond acceptors (Lipinski definition) is 6. The number of nitrogens with one attached hydrogen (secondary N) is 1. The lowest BCUT2D eigenvalue weighted by Gasteiger charge is -2.30. The van der Waals surface area contributed by atoms with E-state index in [0.717, 1.165) is 4.31 Å². The van der Waals surface area contributed by atoms with Gasteiger partial charge in [0.1, 0.15) is 5.82 Å². The lowest BCUT2D eigenvalue weighted by Crippen LogP contribution is -2.38. The van der Waals surface area contributed by atoms with Crippen LogP contribution in [0.25, 0.3) is 0 Å². The minimum absolute atomic E-state index is 0.00895. The maximum absolute atomic E-state index is 13.4. The molecule has 2 aromatic carbocycles. The maximum Gasteiger partial charge on any atom is 0.253 e. The molecule has 1 saturated heterocycles. The third kappa shape index (κ3) is 5.40. The zero-order valence-corrected chi connectivity index (χ0v) is 18.2. The van der Waals surface area contributed by atoms with E-state index in [4.69, 9.17) is 4.74 Å². The summed E-state index contributed by atoms with van der Waals surface area (Å²) in [5.41, 5.74) is 1.09. The summed E-state index contributed by atoms with van der Waals surface area (Å²) in [6, 6.07) is 9.91. The van der Waals surface area contributed by atoms with E-state index in [0.29, 0.717) is 37.6 Å². The van der Waals surface area contributed by atoms with E-state index < -0.39 is 27.9 Å². The molecule has 1 amide bonds.